The van der Waals surface area contributed by atoms with E-state index in [0.29, 0.717) is 39.5 Å². The van der Waals surface area contributed by atoms with Gasteiger partial charge in [-0.2, -0.15) is 5.26 Å². The van der Waals surface area contributed by atoms with Crippen molar-refractivity contribution in [2.75, 3.05) is 0 Å². The largest absolute Gasteiger partial charge is 0.317 e. The lowest BCUT2D eigenvalue weighted by Crippen LogP contribution is -2.09. The quantitative estimate of drug-likeness (QED) is 0.132. The van der Waals surface area contributed by atoms with Gasteiger partial charge in [-0.1, -0.05) is 121 Å². The fourth-order valence-corrected chi connectivity index (χ4v) is 10.2. The second kappa shape index (κ2) is 11.9. The highest BCUT2D eigenvalue weighted by atomic mass is 15.1. The fourth-order valence-electron chi connectivity index (χ4n) is 10.2. The van der Waals surface area contributed by atoms with Crippen molar-refractivity contribution in [2.24, 2.45) is 0 Å². The van der Waals surface area contributed by atoms with Crippen molar-refractivity contribution < 1.29 is 0 Å². The number of hydrogen-bond acceptors (Lipinski definition) is 4. The van der Waals surface area contributed by atoms with Gasteiger partial charge in [0.15, 0.2) is 0 Å². The van der Waals surface area contributed by atoms with E-state index in [1.807, 2.05) is 73.3 Å². The minimum atomic E-state index is 0.363. The molecule has 60 heavy (non-hydrogen) atoms. The van der Waals surface area contributed by atoms with Gasteiger partial charge in [-0.25, -0.2) is 14.8 Å². The van der Waals surface area contributed by atoms with Gasteiger partial charge in [0.25, 0.3) is 0 Å². The normalized spacial score (nSPS) is 12.0. The van der Waals surface area contributed by atoms with Gasteiger partial charge >= 0.3 is 0 Å². The molecule has 5 heterocycles. The van der Waals surface area contributed by atoms with Crippen molar-refractivity contribution in [3.8, 4) is 39.7 Å². The molecule has 7 heteroatoms. The lowest BCUT2D eigenvalue weighted by atomic mass is 9.89. The molecule has 0 atom stereocenters. The van der Waals surface area contributed by atoms with Crippen LogP contribution in [-0.4, -0.2) is 24.1 Å². The van der Waals surface area contributed by atoms with E-state index < -0.39 is 0 Å². The summed E-state index contributed by atoms with van der Waals surface area (Å²) in [6.07, 6.45) is 7.58. The zero-order chi connectivity index (χ0) is 39.6. The average Bonchev–Trinajstić information content (AvgIpc) is 3.84. The predicted molar refractivity (Wildman–Crippen MR) is 243 cm³/mol. The smallest absolute Gasteiger partial charge is 0.220 e. The topological polar surface area (TPSA) is 76.7 Å². The molecule has 0 fully saturated rings. The van der Waals surface area contributed by atoms with Gasteiger partial charge in [0.2, 0.25) is 5.69 Å². The molecule has 0 saturated carbocycles. The molecule has 0 N–H and O–H groups in total. The number of pyridine rings is 3. The van der Waals surface area contributed by atoms with Crippen molar-refractivity contribution in [2.45, 2.75) is 0 Å². The Morgan fingerprint density at radius 3 is 1.57 bits per heavy atom. The average molecular weight is 762 g/mol. The third kappa shape index (κ3) is 4.02. The Bertz CT molecular complexity index is 3620. The summed E-state index contributed by atoms with van der Waals surface area (Å²) in [5, 5.41) is 24.6. The van der Waals surface area contributed by atoms with Gasteiger partial charge in [-0.15, -0.1) is 0 Å². The maximum atomic E-state index is 11.7. The van der Waals surface area contributed by atoms with Crippen molar-refractivity contribution in [1.82, 2.24) is 24.1 Å². The minimum Gasteiger partial charge on any atom is -0.317 e. The van der Waals surface area contributed by atoms with Crippen molar-refractivity contribution >= 4 is 92.6 Å². The Morgan fingerprint density at radius 1 is 0.467 bits per heavy atom. The van der Waals surface area contributed by atoms with E-state index >= 15 is 0 Å². The highest BCUT2D eigenvalue weighted by Gasteiger charge is 2.33. The Kier molecular flexibility index (Phi) is 6.45. The van der Waals surface area contributed by atoms with Crippen LogP contribution in [0.25, 0.3) is 125 Å². The van der Waals surface area contributed by atoms with E-state index in [1.165, 1.54) is 0 Å². The van der Waals surface area contributed by atoms with E-state index in [4.69, 9.17) is 21.5 Å². The molecule has 0 aliphatic rings. The summed E-state index contributed by atoms with van der Waals surface area (Å²) in [5.74, 6) is 0. The Labute approximate surface area is 341 Å². The molecule has 0 saturated heterocycles. The van der Waals surface area contributed by atoms with Crippen molar-refractivity contribution in [3.63, 3.8) is 0 Å². The van der Waals surface area contributed by atoms with Crippen LogP contribution in [0.3, 0.4) is 0 Å². The summed E-state index contributed by atoms with van der Waals surface area (Å²) in [6, 6.07) is 50.2. The molecule has 0 aliphatic carbocycles. The summed E-state index contributed by atoms with van der Waals surface area (Å²) >= 11 is 0. The molecule has 7 nitrogen and oxygen atoms in total. The van der Waals surface area contributed by atoms with Crippen LogP contribution >= 0.6 is 0 Å². The van der Waals surface area contributed by atoms with Crippen molar-refractivity contribution in [3.05, 3.63) is 181 Å². The zero-order valence-electron chi connectivity index (χ0n) is 31.7. The molecule has 5 aromatic heterocycles. The predicted octanol–water partition coefficient (Wildman–Crippen LogP) is 13.3. The number of benzene rings is 8. The maximum absolute atomic E-state index is 11.7. The second-order valence-corrected chi connectivity index (χ2v) is 15.3. The first-order valence-corrected chi connectivity index (χ1v) is 19.8. The summed E-state index contributed by atoms with van der Waals surface area (Å²) in [7, 11) is 0. The van der Waals surface area contributed by atoms with Gasteiger partial charge < -0.3 is 4.57 Å². The van der Waals surface area contributed by atoms with Gasteiger partial charge in [-0.3, -0.25) is 9.55 Å². The van der Waals surface area contributed by atoms with Crippen LogP contribution in [0, 0.1) is 17.9 Å². The van der Waals surface area contributed by atoms with Gasteiger partial charge in [0.1, 0.15) is 17.4 Å². The van der Waals surface area contributed by atoms with Crippen molar-refractivity contribution in [1.29, 1.82) is 5.26 Å². The number of nitriles is 1. The number of hydrogen-bond donors (Lipinski definition) is 0. The summed E-state index contributed by atoms with van der Waals surface area (Å²) < 4.78 is 4.31. The van der Waals surface area contributed by atoms with Crippen LogP contribution in [0.4, 0.5) is 5.69 Å². The third-order valence-electron chi connectivity index (χ3n) is 12.5. The lowest BCUT2D eigenvalue weighted by molar-refractivity contribution is 1.09. The molecule has 0 spiro atoms. The first kappa shape index (κ1) is 32.4. The monoisotopic (exact) mass is 761 g/mol. The Balaban J connectivity index is 1.33. The number of rotatable bonds is 4. The zero-order valence-corrected chi connectivity index (χ0v) is 31.7. The van der Waals surface area contributed by atoms with E-state index in [0.717, 1.165) is 92.4 Å². The SMILES string of the molecule is [C-]#[N+]c1c(-c2ccccc2)c(C#N)c(-n2c3nccc4c5ccccc5c5ccnc2c5c43)c(-c2ccccc2)c1-n1c2cccc3c4ccccc4c4cncc1c4c32. The fraction of sp³-hybridized carbons (Fsp3) is 0. The number of nitrogens with zero attached hydrogens (tertiary/aromatic N) is 7. The van der Waals surface area contributed by atoms with Crippen LogP contribution in [0.5, 0.6) is 0 Å². The molecule has 0 bridgehead atoms. The van der Waals surface area contributed by atoms with E-state index in [1.54, 1.807) is 0 Å². The molecule has 13 aromatic rings. The standard InChI is InChI=1S/C53H27N7/c1-55-49-43(30-13-4-2-5-14-30)39(27-54)50(60-52-47-37(23-25-57-52)32-17-8-9-18-33(32)38-24-26-58-53(60)48(38)47)44(31-15-6-3-7-16-31)51(49)59-41-22-12-21-36-34-19-10-11-20-35(34)40-28-56-29-42(59)46(40)45(36)41/h2-26,28-29H. The highest BCUT2D eigenvalue weighted by Crippen LogP contribution is 2.54. The molecule has 0 amide bonds. The molecular formula is C53H27N7. The highest BCUT2D eigenvalue weighted by molar-refractivity contribution is 6.35. The third-order valence-corrected chi connectivity index (χ3v) is 12.5. The first-order valence-electron chi connectivity index (χ1n) is 19.8. The number of fused-ring (bicyclic) bond motifs is 6. The van der Waals surface area contributed by atoms with Gasteiger partial charge in [-0.05, 0) is 67.0 Å². The van der Waals surface area contributed by atoms with Crippen LogP contribution in [0.2, 0.25) is 0 Å². The maximum Gasteiger partial charge on any atom is 0.220 e. The Hall–Kier alpha value is -8.65. The minimum absolute atomic E-state index is 0.363. The van der Waals surface area contributed by atoms with E-state index in [-0.39, 0.29) is 0 Å². The molecule has 274 valence electrons. The molecular weight excluding hydrogens is 735 g/mol. The van der Waals surface area contributed by atoms with Gasteiger partial charge in [0.05, 0.1) is 40.7 Å². The summed E-state index contributed by atoms with van der Waals surface area (Å²) in [5.41, 5.74) is 8.07. The Morgan fingerprint density at radius 2 is 0.983 bits per heavy atom. The van der Waals surface area contributed by atoms with E-state index in [2.05, 4.69) is 111 Å². The summed E-state index contributed by atoms with van der Waals surface area (Å²) in [4.78, 5) is 19.6. The van der Waals surface area contributed by atoms with Gasteiger partial charge in [0, 0.05) is 56.6 Å². The number of aromatic nitrogens is 5. The molecule has 0 radical (unpaired) electrons. The molecule has 0 unspecified atom stereocenters. The second-order valence-electron chi connectivity index (χ2n) is 15.3. The molecule has 13 rings (SSSR count). The summed E-state index contributed by atoms with van der Waals surface area (Å²) in [6.45, 7) is 9.13. The van der Waals surface area contributed by atoms with Crippen LogP contribution < -0.4 is 0 Å². The van der Waals surface area contributed by atoms with Crippen LogP contribution in [-0.2, 0) is 0 Å². The van der Waals surface area contributed by atoms with Crippen LogP contribution in [0.1, 0.15) is 5.56 Å². The van der Waals surface area contributed by atoms with E-state index in [9.17, 15) is 5.26 Å². The lowest BCUT2D eigenvalue weighted by Gasteiger charge is -2.25. The van der Waals surface area contributed by atoms with Crippen LogP contribution in [0.15, 0.2) is 164 Å². The molecule has 0 aliphatic heterocycles. The molecule has 8 aromatic carbocycles. The first-order chi connectivity index (χ1) is 29.8.